The second-order valence-electron chi connectivity index (χ2n) is 6.35. The quantitative estimate of drug-likeness (QED) is 0.407. The van der Waals surface area contributed by atoms with Crippen molar-refractivity contribution < 1.29 is 29.0 Å². The Bertz CT molecular complexity index is 844. The number of esters is 1. The van der Waals surface area contributed by atoms with E-state index in [1.807, 2.05) is 0 Å². The van der Waals surface area contributed by atoms with E-state index in [0.29, 0.717) is 15.1 Å². The topological polar surface area (TPSA) is 110 Å². The summed E-state index contributed by atoms with van der Waals surface area (Å²) in [5.41, 5.74) is 0.737. The molecule has 1 aromatic carbocycles. The van der Waals surface area contributed by atoms with Crippen molar-refractivity contribution in [3.8, 4) is 5.75 Å². The predicted molar refractivity (Wildman–Crippen MR) is 102 cm³/mol. The van der Waals surface area contributed by atoms with Crippen LogP contribution in [0.5, 0.6) is 5.75 Å². The van der Waals surface area contributed by atoms with Gasteiger partial charge >= 0.3 is 11.9 Å². The van der Waals surface area contributed by atoms with Gasteiger partial charge in [-0.05, 0) is 77.1 Å². The molecule has 142 valence electrons. The van der Waals surface area contributed by atoms with E-state index in [-0.39, 0.29) is 23.0 Å². The van der Waals surface area contributed by atoms with Crippen molar-refractivity contribution in [3.05, 3.63) is 33.1 Å². The first-order valence-corrected chi connectivity index (χ1v) is 9.93. The van der Waals surface area contributed by atoms with Gasteiger partial charge in [0.2, 0.25) is 0 Å². The van der Waals surface area contributed by atoms with Crippen LogP contribution in [-0.2, 0) is 14.4 Å². The van der Waals surface area contributed by atoms with Gasteiger partial charge in [-0.3, -0.25) is 24.5 Å². The Kier molecular flexibility index (Phi) is 6.01. The molecule has 0 radical (unpaired) electrons. The molecule has 0 bridgehead atoms. The molecule has 3 aliphatic rings. The van der Waals surface area contributed by atoms with Crippen molar-refractivity contribution in [2.45, 2.75) is 25.7 Å². The molecule has 0 aromatic heterocycles. The molecule has 1 saturated heterocycles. The summed E-state index contributed by atoms with van der Waals surface area (Å²) in [5.74, 6) is -0.736. The third-order valence-corrected chi connectivity index (χ3v) is 5.37. The molecule has 9 heteroatoms. The zero-order valence-corrected chi connectivity index (χ0v) is 16.5. The van der Waals surface area contributed by atoms with E-state index in [0.717, 1.165) is 43.0 Å². The van der Waals surface area contributed by atoms with Crippen LogP contribution in [0.15, 0.2) is 27.6 Å². The molecule has 2 N–H and O–H groups in total. The first kappa shape index (κ1) is 19.6. The summed E-state index contributed by atoms with van der Waals surface area (Å²) in [6.07, 6.45) is 5.19. The zero-order valence-electron chi connectivity index (χ0n) is 14.1. The van der Waals surface area contributed by atoms with Crippen LogP contribution in [0.3, 0.4) is 0 Å². The number of halogens is 1. The van der Waals surface area contributed by atoms with E-state index in [1.54, 1.807) is 24.3 Å². The van der Waals surface area contributed by atoms with E-state index in [4.69, 9.17) is 9.84 Å². The number of hydrogen-bond donors (Lipinski definition) is 2. The fourth-order valence-corrected chi connectivity index (χ4v) is 3.26. The molecule has 2 saturated carbocycles. The van der Waals surface area contributed by atoms with E-state index >= 15 is 0 Å². The van der Waals surface area contributed by atoms with Crippen LogP contribution < -0.4 is 10.1 Å². The number of aliphatic carboxylic acids is 1. The SMILES string of the molecule is O=C(O)C1CC1.O=C1NC(=O)/C(=C/c2ccc(OC(=O)C3CC3)c(Br)c2)S1. The van der Waals surface area contributed by atoms with Crippen LogP contribution >= 0.6 is 27.7 Å². The monoisotopic (exact) mass is 453 g/mol. The largest absolute Gasteiger partial charge is 0.481 e. The highest BCUT2D eigenvalue weighted by Crippen LogP contribution is 2.34. The average molecular weight is 454 g/mol. The van der Waals surface area contributed by atoms with Gasteiger partial charge in [-0.15, -0.1) is 0 Å². The van der Waals surface area contributed by atoms with Crippen molar-refractivity contribution in [3.63, 3.8) is 0 Å². The number of benzene rings is 1. The summed E-state index contributed by atoms with van der Waals surface area (Å²) in [4.78, 5) is 44.3. The minimum Gasteiger partial charge on any atom is -0.481 e. The molecule has 2 aliphatic carbocycles. The van der Waals surface area contributed by atoms with Crippen LogP contribution in [0.1, 0.15) is 31.2 Å². The van der Waals surface area contributed by atoms with Gasteiger partial charge in [0, 0.05) is 0 Å². The van der Waals surface area contributed by atoms with Gasteiger partial charge in [-0.25, -0.2) is 0 Å². The Morgan fingerprint density at radius 2 is 1.85 bits per heavy atom. The number of rotatable bonds is 4. The fraction of sp³-hybridized carbons (Fsp3) is 0.333. The number of carbonyl (C=O) groups excluding carboxylic acids is 3. The Morgan fingerprint density at radius 1 is 1.19 bits per heavy atom. The number of carboxylic acids is 1. The maximum Gasteiger partial charge on any atom is 0.314 e. The second kappa shape index (κ2) is 8.26. The van der Waals surface area contributed by atoms with Gasteiger partial charge in [-0.1, -0.05) is 6.07 Å². The van der Waals surface area contributed by atoms with Crippen LogP contribution in [0.25, 0.3) is 6.08 Å². The standard InChI is InChI=1S/C14H10BrNO4S.C4H6O2/c15-9-5-7(6-11-12(17)16-14(19)21-11)1-4-10(9)20-13(18)8-2-3-8;5-4(6)3-1-2-3/h1,4-6,8H,2-3H2,(H,16,17,19);3H,1-2H2,(H,5,6)/b11-6-;. The summed E-state index contributed by atoms with van der Waals surface area (Å²) < 4.78 is 5.91. The molecular formula is C18H16BrNO6S. The highest BCUT2D eigenvalue weighted by molar-refractivity contribution is 9.10. The summed E-state index contributed by atoms with van der Waals surface area (Å²) in [7, 11) is 0. The molecule has 1 aliphatic heterocycles. The fourth-order valence-electron chi connectivity index (χ4n) is 2.10. The van der Waals surface area contributed by atoms with Gasteiger partial charge in [0.1, 0.15) is 5.75 Å². The van der Waals surface area contributed by atoms with Gasteiger partial charge in [-0.2, -0.15) is 0 Å². The van der Waals surface area contributed by atoms with E-state index in [2.05, 4.69) is 21.2 Å². The molecule has 3 fully saturated rings. The van der Waals surface area contributed by atoms with Crippen molar-refractivity contribution in [2.24, 2.45) is 11.8 Å². The third kappa shape index (κ3) is 5.67. The minimum absolute atomic E-state index is 0.0185. The number of nitrogens with one attached hydrogen (secondary N) is 1. The number of amides is 2. The maximum atomic E-state index is 11.6. The smallest absolute Gasteiger partial charge is 0.314 e. The van der Waals surface area contributed by atoms with Crippen molar-refractivity contribution in [2.75, 3.05) is 0 Å². The molecule has 27 heavy (non-hydrogen) atoms. The van der Waals surface area contributed by atoms with Gasteiger partial charge in [0.05, 0.1) is 21.2 Å². The predicted octanol–water partition coefficient (Wildman–Crippen LogP) is 3.57. The summed E-state index contributed by atoms with van der Waals surface area (Å²) in [5, 5.41) is 9.87. The molecule has 1 heterocycles. The summed E-state index contributed by atoms with van der Waals surface area (Å²) in [6.45, 7) is 0. The molecule has 0 atom stereocenters. The van der Waals surface area contributed by atoms with Crippen LogP contribution in [0.2, 0.25) is 0 Å². The van der Waals surface area contributed by atoms with Crippen molar-refractivity contribution >= 4 is 56.9 Å². The minimum atomic E-state index is -0.630. The van der Waals surface area contributed by atoms with E-state index in [9.17, 15) is 19.2 Å². The van der Waals surface area contributed by atoms with E-state index < -0.39 is 11.9 Å². The lowest BCUT2D eigenvalue weighted by Gasteiger charge is -2.06. The van der Waals surface area contributed by atoms with Gasteiger partial charge in [0.25, 0.3) is 11.1 Å². The lowest BCUT2D eigenvalue weighted by molar-refractivity contribution is -0.138. The first-order chi connectivity index (χ1) is 12.8. The average Bonchev–Trinajstić information content (AvgIpc) is 3.48. The number of thioether (sulfide) groups is 1. The van der Waals surface area contributed by atoms with Crippen molar-refractivity contribution in [1.29, 1.82) is 0 Å². The Labute approximate surface area is 167 Å². The van der Waals surface area contributed by atoms with Crippen LogP contribution in [-0.4, -0.2) is 28.2 Å². The third-order valence-electron chi connectivity index (χ3n) is 3.94. The highest BCUT2D eigenvalue weighted by atomic mass is 79.9. The molecule has 0 unspecified atom stereocenters. The van der Waals surface area contributed by atoms with E-state index in [1.165, 1.54) is 0 Å². The maximum absolute atomic E-state index is 11.6. The molecule has 1 aromatic rings. The Balaban J connectivity index is 0.000000299. The Morgan fingerprint density at radius 3 is 2.30 bits per heavy atom. The zero-order chi connectivity index (χ0) is 19.6. The Hall–Kier alpha value is -2.13. The molecule has 0 spiro atoms. The van der Waals surface area contributed by atoms with Crippen LogP contribution in [0, 0.1) is 11.8 Å². The number of ether oxygens (including phenoxy) is 1. The lowest BCUT2D eigenvalue weighted by Crippen LogP contribution is -2.17. The molecular weight excluding hydrogens is 438 g/mol. The second-order valence-corrected chi connectivity index (χ2v) is 8.22. The molecule has 4 rings (SSSR count). The number of hydrogen-bond acceptors (Lipinski definition) is 6. The number of carbonyl (C=O) groups is 4. The molecule has 2 amide bonds. The van der Waals surface area contributed by atoms with Gasteiger partial charge in [0.15, 0.2) is 0 Å². The first-order valence-electron chi connectivity index (χ1n) is 8.32. The highest BCUT2D eigenvalue weighted by Gasteiger charge is 2.32. The summed E-state index contributed by atoms with van der Waals surface area (Å²) >= 11 is 4.20. The normalized spacial score (nSPS) is 20.0. The van der Waals surface area contributed by atoms with Crippen LogP contribution in [0.4, 0.5) is 4.79 Å². The van der Waals surface area contributed by atoms with Gasteiger partial charge < -0.3 is 9.84 Å². The lowest BCUT2D eigenvalue weighted by atomic mass is 10.2. The number of carboxylic acid groups (broad SMARTS) is 1. The number of imide groups is 1. The summed E-state index contributed by atoms with van der Waals surface area (Å²) in [6, 6.07) is 5.12. The molecule has 7 nitrogen and oxygen atoms in total. The van der Waals surface area contributed by atoms with Crippen molar-refractivity contribution in [1.82, 2.24) is 5.32 Å².